The molecule has 32 heavy (non-hydrogen) atoms. The summed E-state index contributed by atoms with van der Waals surface area (Å²) in [6.45, 7) is 3.47. The Kier molecular flexibility index (Phi) is 6.07. The molecule has 0 saturated carbocycles. The molecule has 3 aromatic carbocycles. The van der Waals surface area contributed by atoms with E-state index in [4.69, 9.17) is 9.47 Å². The van der Waals surface area contributed by atoms with Crippen molar-refractivity contribution < 1.29 is 18.3 Å². The Labute approximate surface area is 188 Å². The maximum absolute atomic E-state index is 14.4. The molecule has 2 aliphatic rings. The van der Waals surface area contributed by atoms with E-state index in [1.165, 1.54) is 37.0 Å². The minimum Gasteiger partial charge on any atom is -0.373 e. The summed E-state index contributed by atoms with van der Waals surface area (Å²) in [6.07, 6.45) is 4.53. The number of hydrogen-bond acceptors (Lipinski definition) is 2. The van der Waals surface area contributed by atoms with E-state index in [1.807, 2.05) is 24.3 Å². The Morgan fingerprint density at radius 2 is 1.25 bits per heavy atom. The molecule has 0 spiro atoms. The third kappa shape index (κ3) is 4.48. The summed E-state index contributed by atoms with van der Waals surface area (Å²) < 4.78 is 39.9. The average molecular weight is 435 g/mol. The van der Waals surface area contributed by atoms with Gasteiger partial charge in [0.1, 0.15) is 17.7 Å². The Balaban J connectivity index is 1.28. The van der Waals surface area contributed by atoms with Crippen molar-refractivity contribution in [3.05, 3.63) is 83.4 Å². The zero-order valence-corrected chi connectivity index (χ0v) is 18.3. The van der Waals surface area contributed by atoms with Crippen molar-refractivity contribution >= 4 is 0 Å². The van der Waals surface area contributed by atoms with E-state index in [-0.39, 0.29) is 11.7 Å². The van der Waals surface area contributed by atoms with Crippen LogP contribution in [0.5, 0.6) is 0 Å². The second-order valence-electron chi connectivity index (χ2n) is 8.93. The largest absolute Gasteiger partial charge is 0.373 e. The first kappa shape index (κ1) is 21.3. The molecule has 0 bridgehead atoms. The summed E-state index contributed by atoms with van der Waals surface area (Å²) >= 11 is 0. The van der Waals surface area contributed by atoms with Gasteiger partial charge in [0.05, 0.1) is 24.9 Å². The lowest BCUT2D eigenvalue weighted by atomic mass is 9.91. The number of benzene rings is 3. The lowest BCUT2D eigenvalue weighted by Gasteiger charge is -2.29. The van der Waals surface area contributed by atoms with E-state index in [0.29, 0.717) is 18.1 Å². The van der Waals surface area contributed by atoms with Crippen molar-refractivity contribution in [2.45, 2.75) is 44.8 Å². The summed E-state index contributed by atoms with van der Waals surface area (Å²) in [5.41, 5.74) is 4.75. The predicted molar refractivity (Wildman–Crippen MR) is 122 cm³/mol. The van der Waals surface area contributed by atoms with Crippen molar-refractivity contribution in [1.82, 2.24) is 0 Å². The van der Waals surface area contributed by atoms with Crippen LogP contribution in [0.3, 0.4) is 0 Å². The summed E-state index contributed by atoms with van der Waals surface area (Å²) in [5, 5.41) is 0. The van der Waals surface area contributed by atoms with Gasteiger partial charge in [-0.1, -0.05) is 61.9 Å². The molecule has 2 heterocycles. The molecule has 0 N–H and O–H groups in total. The summed E-state index contributed by atoms with van der Waals surface area (Å²) in [4.78, 5) is 0. The molecule has 3 unspecified atom stereocenters. The number of ether oxygens (including phenoxy) is 2. The van der Waals surface area contributed by atoms with Gasteiger partial charge in [-0.3, -0.25) is 0 Å². The van der Waals surface area contributed by atoms with Crippen LogP contribution < -0.4 is 0 Å². The summed E-state index contributed by atoms with van der Waals surface area (Å²) in [6, 6.07) is 19.1. The van der Waals surface area contributed by atoms with Gasteiger partial charge >= 0.3 is 0 Å². The molecular formula is C28H28F2O2. The van der Waals surface area contributed by atoms with Crippen LogP contribution in [-0.4, -0.2) is 13.2 Å². The summed E-state index contributed by atoms with van der Waals surface area (Å²) in [7, 11) is 0. The SMILES string of the molecule is CCCC1CCC(c2ccc(-c3ccc(-c4cc(F)c(C5CO5)c(F)c4)cc3)cc2)OC1. The van der Waals surface area contributed by atoms with Crippen LogP contribution in [0.15, 0.2) is 60.7 Å². The van der Waals surface area contributed by atoms with Crippen LogP contribution in [-0.2, 0) is 9.47 Å². The molecular weight excluding hydrogens is 406 g/mol. The fourth-order valence-corrected chi connectivity index (χ4v) is 4.72. The molecule has 3 aromatic rings. The lowest BCUT2D eigenvalue weighted by Crippen LogP contribution is -2.20. The van der Waals surface area contributed by atoms with Gasteiger partial charge in [0, 0.05) is 0 Å². The van der Waals surface area contributed by atoms with Crippen molar-refractivity contribution in [2.24, 2.45) is 5.92 Å². The van der Waals surface area contributed by atoms with E-state index in [9.17, 15) is 8.78 Å². The van der Waals surface area contributed by atoms with Gasteiger partial charge in [0.15, 0.2) is 0 Å². The Morgan fingerprint density at radius 1 is 0.719 bits per heavy atom. The van der Waals surface area contributed by atoms with Crippen LogP contribution in [0.25, 0.3) is 22.3 Å². The van der Waals surface area contributed by atoms with Crippen LogP contribution in [0.1, 0.15) is 55.9 Å². The van der Waals surface area contributed by atoms with E-state index < -0.39 is 17.7 Å². The first-order chi connectivity index (χ1) is 15.6. The van der Waals surface area contributed by atoms with Gasteiger partial charge in [-0.25, -0.2) is 8.78 Å². The van der Waals surface area contributed by atoms with Gasteiger partial charge in [-0.05, 0) is 65.1 Å². The van der Waals surface area contributed by atoms with Gasteiger partial charge < -0.3 is 9.47 Å². The molecule has 0 aliphatic carbocycles. The fraction of sp³-hybridized carbons (Fsp3) is 0.357. The topological polar surface area (TPSA) is 21.8 Å². The zero-order chi connectivity index (χ0) is 22.1. The third-order valence-corrected chi connectivity index (χ3v) is 6.64. The van der Waals surface area contributed by atoms with E-state index in [2.05, 4.69) is 31.2 Å². The van der Waals surface area contributed by atoms with Crippen molar-refractivity contribution in [3.63, 3.8) is 0 Å². The molecule has 2 fully saturated rings. The fourth-order valence-electron chi connectivity index (χ4n) is 4.72. The number of rotatable bonds is 6. The van der Waals surface area contributed by atoms with E-state index >= 15 is 0 Å². The first-order valence-electron chi connectivity index (χ1n) is 11.5. The van der Waals surface area contributed by atoms with Crippen LogP contribution >= 0.6 is 0 Å². The van der Waals surface area contributed by atoms with Gasteiger partial charge in [-0.15, -0.1) is 0 Å². The smallest absolute Gasteiger partial charge is 0.132 e. The standard InChI is InChI=1S/C28H28F2O2/c1-2-3-18-4-13-26(31-16-18)22-11-9-20(10-12-22)19-5-7-21(8-6-19)23-14-24(29)28(25(30)15-23)27-17-32-27/h5-12,14-15,18,26-27H,2-4,13,16-17H2,1H3. The zero-order valence-electron chi connectivity index (χ0n) is 18.3. The maximum atomic E-state index is 14.4. The Morgan fingerprint density at radius 3 is 1.75 bits per heavy atom. The molecule has 2 saturated heterocycles. The molecule has 0 radical (unpaired) electrons. The van der Waals surface area contributed by atoms with Gasteiger partial charge in [0.2, 0.25) is 0 Å². The average Bonchev–Trinajstić information content (AvgIpc) is 3.65. The second-order valence-corrected chi connectivity index (χ2v) is 8.93. The molecule has 5 rings (SSSR count). The van der Waals surface area contributed by atoms with Crippen LogP contribution in [0, 0.1) is 17.6 Å². The molecule has 166 valence electrons. The van der Waals surface area contributed by atoms with Crippen molar-refractivity contribution in [1.29, 1.82) is 0 Å². The molecule has 0 aromatic heterocycles. The lowest BCUT2D eigenvalue weighted by molar-refractivity contribution is -0.0194. The molecule has 2 aliphatic heterocycles. The highest BCUT2D eigenvalue weighted by atomic mass is 19.1. The molecule has 3 atom stereocenters. The Bertz CT molecular complexity index is 1040. The second kappa shape index (κ2) is 9.13. The van der Waals surface area contributed by atoms with Crippen LogP contribution in [0.4, 0.5) is 8.78 Å². The molecule has 0 amide bonds. The molecule has 2 nitrogen and oxygen atoms in total. The minimum atomic E-state index is -0.548. The summed E-state index contributed by atoms with van der Waals surface area (Å²) in [5.74, 6) is -0.393. The first-order valence-corrected chi connectivity index (χ1v) is 11.5. The van der Waals surface area contributed by atoms with Crippen LogP contribution in [0.2, 0.25) is 0 Å². The highest BCUT2D eigenvalue weighted by Crippen LogP contribution is 2.37. The van der Waals surface area contributed by atoms with E-state index in [0.717, 1.165) is 29.7 Å². The predicted octanol–water partition coefficient (Wildman–Crippen LogP) is 7.64. The number of halogens is 2. The third-order valence-electron chi connectivity index (χ3n) is 6.64. The monoisotopic (exact) mass is 434 g/mol. The highest BCUT2D eigenvalue weighted by Gasteiger charge is 2.31. The highest BCUT2D eigenvalue weighted by molar-refractivity contribution is 5.71. The maximum Gasteiger partial charge on any atom is 0.132 e. The number of epoxide rings is 1. The van der Waals surface area contributed by atoms with E-state index in [1.54, 1.807) is 0 Å². The Hall–Kier alpha value is -2.56. The van der Waals surface area contributed by atoms with Crippen molar-refractivity contribution in [3.8, 4) is 22.3 Å². The number of hydrogen-bond donors (Lipinski definition) is 0. The van der Waals surface area contributed by atoms with Crippen molar-refractivity contribution in [2.75, 3.05) is 13.2 Å². The van der Waals surface area contributed by atoms with Gasteiger partial charge in [0.25, 0.3) is 0 Å². The normalized spacial score (nSPS) is 22.7. The quantitative estimate of drug-likeness (QED) is 0.372. The minimum absolute atomic E-state index is 0.0355. The molecule has 4 heteroatoms. The van der Waals surface area contributed by atoms with Gasteiger partial charge in [-0.2, -0.15) is 0 Å².